The van der Waals surface area contributed by atoms with Crippen LogP contribution in [0.4, 0.5) is 0 Å². The summed E-state index contributed by atoms with van der Waals surface area (Å²) >= 11 is 0. The number of hydrogen-bond donors (Lipinski definition) is 2. The smallest absolute Gasteiger partial charge is 0.325 e. The minimum atomic E-state index is -0.790. The molecule has 5 heteroatoms. The number of carboxylic acid groups (broad SMARTS) is 1. The molecule has 0 aliphatic carbocycles. The molecule has 30 heavy (non-hydrogen) atoms. The van der Waals surface area contributed by atoms with E-state index in [2.05, 4.69) is 57.2 Å². The van der Waals surface area contributed by atoms with Crippen molar-refractivity contribution < 1.29 is 9.90 Å². The van der Waals surface area contributed by atoms with Gasteiger partial charge in [0.05, 0.1) is 0 Å². The van der Waals surface area contributed by atoms with Gasteiger partial charge in [0.2, 0.25) is 0 Å². The number of nitrogens with zero attached hydrogens (tertiary/aromatic N) is 2. The fourth-order valence-corrected chi connectivity index (χ4v) is 4.66. The molecule has 2 heterocycles. The number of aliphatic carboxylic acids is 1. The van der Waals surface area contributed by atoms with Gasteiger partial charge in [-0.05, 0) is 22.4 Å². The molecule has 2 N–H and O–H groups in total. The molecule has 1 saturated heterocycles. The summed E-state index contributed by atoms with van der Waals surface area (Å²) in [7, 11) is 0. The Morgan fingerprint density at radius 3 is 2.40 bits per heavy atom. The second-order valence-electron chi connectivity index (χ2n) is 7.98. The zero-order valence-corrected chi connectivity index (χ0v) is 16.8. The Morgan fingerprint density at radius 2 is 1.60 bits per heavy atom. The summed E-state index contributed by atoms with van der Waals surface area (Å²) in [5, 5.41) is 13.6. The third kappa shape index (κ3) is 3.47. The summed E-state index contributed by atoms with van der Waals surface area (Å²) in [5.41, 5.74) is 3.15. The van der Waals surface area contributed by atoms with E-state index in [4.69, 9.17) is 0 Å². The lowest BCUT2D eigenvalue weighted by Crippen LogP contribution is -2.48. The molecule has 0 amide bonds. The Kier molecular flexibility index (Phi) is 4.99. The first-order chi connectivity index (χ1) is 14.7. The summed E-state index contributed by atoms with van der Waals surface area (Å²) in [5.74, 6) is -0.790. The van der Waals surface area contributed by atoms with Crippen molar-refractivity contribution in [2.75, 3.05) is 26.2 Å². The lowest BCUT2D eigenvalue weighted by Gasteiger charge is -2.37. The van der Waals surface area contributed by atoms with Gasteiger partial charge in [-0.15, -0.1) is 0 Å². The van der Waals surface area contributed by atoms with Gasteiger partial charge >= 0.3 is 5.97 Å². The first-order valence-electron chi connectivity index (χ1n) is 10.4. The van der Waals surface area contributed by atoms with Crippen LogP contribution in [0.2, 0.25) is 0 Å². The van der Waals surface area contributed by atoms with Gasteiger partial charge < -0.3 is 10.1 Å². The van der Waals surface area contributed by atoms with Crippen LogP contribution in [-0.2, 0) is 11.3 Å². The van der Waals surface area contributed by atoms with Gasteiger partial charge in [0.1, 0.15) is 6.04 Å². The highest BCUT2D eigenvalue weighted by Gasteiger charge is 2.32. The quantitative estimate of drug-likeness (QED) is 0.526. The van der Waals surface area contributed by atoms with Gasteiger partial charge in [0.15, 0.2) is 0 Å². The maximum absolute atomic E-state index is 12.2. The van der Waals surface area contributed by atoms with Crippen molar-refractivity contribution in [2.24, 2.45) is 0 Å². The molecule has 0 bridgehead atoms. The van der Waals surface area contributed by atoms with Crippen LogP contribution in [0, 0.1) is 0 Å². The molecule has 1 aliphatic heterocycles. The highest BCUT2D eigenvalue weighted by atomic mass is 16.4. The van der Waals surface area contributed by atoms with E-state index in [1.54, 1.807) is 0 Å². The van der Waals surface area contributed by atoms with E-state index in [1.165, 1.54) is 16.3 Å². The molecule has 1 aromatic heterocycles. The van der Waals surface area contributed by atoms with Gasteiger partial charge in [-0.1, -0.05) is 60.7 Å². The molecule has 5 nitrogen and oxygen atoms in total. The van der Waals surface area contributed by atoms with Crippen molar-refractivity contribution >= 4 is 27.6 Å². The average molecular weight is 399 g/mol. The molecule has 0 unspecified atom stereocenters. The van der Waals surface area contributed by atoms with Crippen molar-refractivity contribution in [3.05, 3.63) is 84.1 Å². The van der Waals surface area contributed by atoms with Crippen molar-refractivity contribution in [1.82, 2.24) is 14.8 Å². The van der Waals surface area contributed by atoms with Crippen LogP contribution in [0.25, 0.3) is 21.7 Å². The number of hydrogen-bond acceptors (Lipinski definition) is 3. The van der Waals surface area contributed by atoms with Gasteiger partial charge in [-0.3, -0.25) is 14.6 Å². The summed E-state index contributed by atoms with van der Waals surface area (Å²) in [6, 6.07) is 22.2. The van der Waals surface area contributed by atoms with E-state index >= 15 is 0 Å². The van der Waals surface area contributed by atoms with Crippen LogP contribution in [0.3, 0.4) is 0 Å². The molecule has 0 radical (unpaired) electrons. The van der Waals surface area contributed by atoms with Crippen molar-refractivity contribution in [1.29, 1.82) is 0 Å². The topological polar surface area (TPSA) is 59.6 Å². The number of piperazine rings is 1. The Bertz CT molecular complexity index is 1190. The van der Waals surface area contributed by atoms with Crippen molar-refractivity contribution in [3.63, 3.8) is 0 Å². The number of carbonyl (C=O) groups is 1. The summed E-state index contributed by atoms with van der Waals surface area (Å²) in [6.45, 7) is 4.08. The monoisotopic (exact) mass is 399 g/mol. The second kappa shape index (κ2) is 7.94. The predicted molar refractivity (Wildman–Crippen MR) is 119 cm³/mol. The van der Waals surface area contributed by atoms with E-state index < -0.39 is 12.0 Å². The maximum Gasteiger partial charge on any atom is 0.325 e. The van der Waals surface area contributed by atoms with E-state index in [9.17, 15) is 9.90 Å². The molecule has 0 spiro atoms. The maximum atomic E-state index is 12.2. The molecular formula is C25H25N3O2. The normalized spacial score (nSPS) is 16.8. The molecule has 1 fully saturated rings. The first-order valence-corrected chi connectivity index (χ1v) is 10.4. The van der Waals surface area contributed by atoms with Crippen LogP contribution in [0.15, 0.2) is 72.9 Å². The minimum absolute atomic E-state index is 0.624. The SMILES string of the molecule is O=C(O)[C@@H](c1c[nH]c2ccccc12)N1CCN(Cc2cccc3ccccc23)CC1. The number of H-pyrrole nitrogens is 1. The fourth-order valence-electron chi connectivity index (χ4n) is 4.66. The molecule has 1 aliphatic rings. The first kappa shape index (κ1) is 18.9. The third-order valence-electron chi connectivity index (χ3n) is 6.20. The fraction of sp³-hybridized carbons (Fsp3) is 0.240. The van der Waals surface area contributed by atoms with Crippen LogP contribution < -0.4 is 0 Å². The average Bonchev–Trinajstić information content (AvgIpc) is 3.19. The summed E-state index contributed by atoms with van der Waals surface area (Å²) in [6.07, 6.45) is 1.85. The number of para-hydroxylation sites is 1. The number of fused-ring (bicyclic) bond motifs is 2. The minimum Gasteiger partial charge on any atom is -0.480 e. The van der Waals surface area contributed by atoms with Crippen LogP contribution in [-0.4, -0.2) is 52.0 Å². The molecule has 152 valence electrons. The van der Waals surface area contributed by atoms with Gasteiger partial charge in [-0.25, -0.2) is 0 Å². The van der Waals surface area contributed by atoms with Crippen molar-refractivity contribution in [3.8, 4) is 0 Å². The second-order valence-corrected chi connectivity index (χ2v) is 7.98. The Hall–Kier alpha value is -3.15. The molecule has 1 atom stereocenters. The highest BCUT2D eigenvalue weighted by Crippen LogP contribution is 2.30. The Labute approximate surface area is 175 Å². The van der Waals surface area contributed by atoms with E-state index in [0.29, 0.717) is 0 Å². The predicted octanol–water partition coefficient (Wildman–Crippen LogP) is 4.26. The van der Waals surface area contributed by atoms with E-state index in [1.807, 2.05) is 30.5 Å². The van der Waals surface area contributed by atoms with Crippen LogP contribution in [0.5, 0.6) is 0 Å². The van der Waals surface area contributed by atoms with Gasteiger partial charge in [0.25, 0.3) is 0 Å². The number of nitrogens with one attached hydrogen (secondary N) is 1. The lowest BCUT2D eigenvalue weighted by atomic mass is 10.0. The molecular weight excluding hydrogens is 374 g/mol. The number of carboxylic acids is 1. The molecule has 5 rings (SSSR count). The summed E-state index contributed by atoms with van der Waals surface area (Å²) in [4.78, 5) is 19.9. The highest BCUT2D eigenvalue weighted by molar-refractivity contribution is 5.89. The molecule has 0 saturated carbocycles. The number of benzene rings is 3. The van der Waals surface area contributed by atoms with Gasteiger partial charge in [-0.2, -0.15) is 0 Å². The van der Waals surface area contributed by atoms with Crippen LogP contribution >= 0.6 is 0 Å². The third-order valence-corrected chi connectivity index (χ3v) is 6.20. The Morgan fingerprint density at radius 1 is 0.900 bits per heavy atom. The van der Waals surface area contributed by atoms with Gasteiger partial charge in [0, 0.05) is 55.4 Å². The standard InChI is InChI=1S/C25H25N3O2/c29-25(30)24(22-16-26-23-11-4-3-10-21(22)23)28-14-12-27(13-15-28)17-19-8-5-7-18-6-1-2-9-20(18)19/h1-11,16,24,26H,12-15,17H2,(H,29,30)/t24-/m1/s1. The largest absolute Gasteiger partial charge is 0.480 e. The van der Waals surface area contributed by atoms with E-state index in [-0.39, 0.29) is 0 Å². The molecule has 4 aromatic rings. The number of aromatic nitrogens is 1. The summed E-state index contributed by atoms with van der Waals surface area (Å²) < 4.78 is 0. The Balaban J connectivity index is 1.32. The van der Waals surface area contributed by atoms with Crippen LogP contribution in [0.1, 0.15) is 17.2 Å². The zero-order chi connectivity index (χ0) is 20.5. The lowest BCUT2D eigenvalue weighted by molar-refractivity contribution is -0.144. The molecule has 3 aromatic carbocycles. The zero-order valence-electron chi connectivity index (χ0n) is 16.8. The number of rotatable bonds is 5. The van der Waals surface area contributed by atoms with E-state index in [0.717, 1.165) is 49.2 Å². The number of aromatic amines is 1. The van der Waals surface area contributed by atoms with Crippen molar-refractivity contribution in [2.45, 2.75) is 12.6 Å².